The number of hydrazine groups is 1. The summed E-state index contributed by atoms with van der Waals surface area (Å²) in [5.74, 6) is -0.480. The Hall–Kier alpha value is -4.94. The molecule has 1 spiro atoms. The second-order valence-corrected chi connectivity index (χ2v) is 40.0. The zero-order valence-corrected chi connectivity index (χ0v) is 63.5. The van der Waals surface area contributed by atoms with Crippen molar-refractivity contribution in [2.45, 2.75) is 261 Å². The largest absolute Gasteiger partial charge is 0.497 e. The summed E-state index contributed by atoms with van der Waals surface area (Å²) in [6.45, 7) is 25.8. The second kappa shape index (κ2) is 32.6. The smallest absolute Gasteiger partial charge is 0.261 e. The zero-order chi connectivity index (χ0) is 70.0. The van der Waals surface area contributed by atoms with Crippen LogP contribution in [0.5, 0.6) is 5.75 Å². The van der Waals surface area contributed by atoms with Gasteiger partial charge in [0.15, 0.2) is 19.8 Å². The summed E-state index contributed by atoms with van der Waals surface area (Å²) >= 11 is 0. The molecule has 14 atom stereocenters. The van der Waals surface area contributed by atoms with Crippen LogP contribution in [-0.2, 0) is 60.0 Å². The van der Waals surface area contributed by atoms with Crippen LogP contribution in [0.2, 0.25) is 23.2 Å². The summed E-state index contributed by atoms with van der Waals surface area (Å²) in [6.07, 6.45) is 6.55. The summed E-state index contributed by atoms with van der Waals surface area (Å²) in [5.41, 5.74) is 4.36. The molecule has 3 N–H and O–H groups in total. The molecule has 5 aromatic carbocycles. The van der Waals surface area contributed by atoms with Crippen molar-refractivity contribution in [1.29, 1.82) is 0 Å². The van der Waals surface area contributed by atoms with Gasteiger partial charge >= 0.3 is 0 Å². The van der Waals surface area contributed by atoms with Gasteiger partial charge in [-0.15, -0.1) is 0 Å². The molecule has 0 bridgehead atoms. The van der Waals surface area contributed by atoms with Crippen LogP contribution in [0.4, 0.5) is 5.69 Å². The van der Waals surface area contributed by atoms with Gasteiger partial charge in [-0.05, 0) is 147 Å². The van der Waals surface area contributed by atoms with E-state index >= 15 is 0 Å². The lowest BCUT2D eigenvalue weighted by Gasteiger charge is -2.50. The number of methoxy groups -OCH3 is 1. The Morgan fingerprint density at radius 1 is 0.714 bits per heavy atom. The number of carbonyl (C=O) groups excluding carboxylic acids is 1. The third kappa shape index (κ3) is 17.6. The number of rotatable bonds is 32. The van der Waals surface area contributed by atoms with E-state index in [1.54, 1.807) is 7.11 Å². The number of nitrogens with one attached hydrogen (secondary N) is 2. The van der Waals surface area contributed by atoms with Crippen LogP contribution in [0.15, 0.2) is 157 Å². The Morgan fingerprint density at radius 3 is 1.93 bits per heavy atom. The SMILES string of the molecule is CC[Si](CC)(CC)O[C@H](C[C@]1(CO)CCC(NN(C)C)([C@H]2CC[C@](C)(C[C@@H](C)/C=C(\C)COCc3ccccc3)O2)O1)[C@H]1O[C@@](C)([C@@H](O[Si](c2ccccc2)(c2ccccc2)C(C)(C)C)[C@@H]2CC[C@]3(CCC[C@@H]([C@@H](C)C(=O)Nc4ccccc4)O3)O2)C[C@H]1OCc1ccc(OC)cc1. The van der Waals surface area contributed by atoms with Gasteiger partial charge in [0.05, 0.1) is 80.7 Å². The molecule has 5 heterocycles. The minimum absolute atomic E-state index is 0.0842. The minimum atomic E-state index is -3.39. The average molecular weight is 1380 g/mol. The van der Waals surface area contributed by atoms with Crippen LogP contribution in [-0.4, -0.2) is 138 Å². The summed E-state index contributed by atoms with van der Waals surface area (Å²) in [7, 11) is -0.210. The number of aliphatic hydroxyl groups is 1. The number of ether oxygens (including phenoxy) is 8. The minimum Gasteiger partial charge on any atom is -0.497 e. The second-order valence-electron chi connectivity index (χ2n) is 31.0. The van der Waals surface area contributed by atoms with Gasteiger partial charge in [0.1, 0.15) is 24.1 Å². The van der Waals surface area contributed by atoms with Crippen molar-refractivity contribution >= 4 is 38.6 Å². The molecule has 0 radical (unpaired) electrons. The molecule has 5 aliphatic heterocycles. The van der Waals surface area contributed by atoms with E-state index in [0.717, 1.165) is 83.2 Å². The maximum Gasteiger partial charge on any atom is 0.261 e. The molecule has 0 aromatic heterocycles. The number of aliphatic hydroxyl groups excluding tert-OH is 1. The molecule has 1 unspecified atom stereocenters. The lowest BCUT2D eigenvalue weighted by Crippen LogP contribution is -2.70. The van der Waals surface area contributed by atoms with Gasteiger partial charge in [-0.3, -0.25) is 4.79 Å². The normalized spacial score (nSPS) is 29.1. The van der Waals surface area contributed by atoms with Crippen molar-refractivity contribution in [3.8, 4) is 5.75 Å². The highest BCUT2D eigenvalue weighted by Crippen LogP contribution is 2.53. The zero-order valence-electron chi connectivity index (χ0n) is 61.5. The molecule has 536 valence electrons. The molecule has 17 heteroatoms. The van der Waals surface area contributed by atoms with E-state index in [-0.39, 0.29) is 30.6 Å². The number of amides is 1. The van der Waals surface area contributed by atoms with Crippen LogP contribution < -0.4 is 25.9 Å². The summed E-state index contributed by atoms with van der Waals surface area (Å²) in [6, 6.07) is 52.4. The predicted octanol–water partition coefficient (Wildman–Crippen LogP) is 15.0. The number of carbonyl (C=O) groups is 1. The molecular formula is C81H117N3O12Si2. The number of hydrogen-bond acceptors (Lipinski definition) is 14. The third-order valence-corrected chi connectivity index (χ3v) is 31.9. The first-order valence-electron chi connectivity index (χ1n) is 36.7. The summed E-state index contributed by atoms with van der Waals surface area (Å²) in [5, 5.41) is 19.3. The molecule has 98 heavy (non-hydrogen) atoms. The first kappa shape index (κ1) is 75.7. The van der Waals surface area contributed by atoms with E-state index in [2.05, 4.69) is 171 Å². The van der Waals surface area contributed by atoms with Crippen molar-refractivity contribution in [3.63, 3.8) is 0 Å². The number of allylic oxidation sites excluding steroid dienone is 1. The topological polar surface area (TPSA) is 157 Å². The van der Waals surface area contributed by atoms with Gasteiger partial charge in [-0.2, -0.15) is 0 Å². The average Bonchev–Trinajstić information content (AvgIpc) is 1.39. The lowest BCUT2D eigenvalue weighted by atomic mass is 9.87. The fourth-order valence-corrected chi connectivity index (χ4v) is 24.6. The summed E-state index contributed by atoms with van der Waals surface area (Å²) in [4.78, 5) is 14.0. The van der Waals surface area contributed by atoms with Crippen LogP contribution >= 0.6 is 0 Å². The number of para-hydroxylation sites is 1. The van der Waals surface area contributed by atoms with E-state index in [0.29, 0.717) is 64.8 Å². The van der Waals surface area contributed by atoms with Crippen molar-refractivity contribution in [2.24, 2.45) is 11.8 Å². The van der Waals surface area contributed by atoms with Crippen molar-refractivity contribution < 1.29 is 56.6 Å². The third-order valence-electron chi connectivity index (χ3n) is 22.2. The number of anilines is 1. The van der Waals surface area contributed by atoms with Gasteiger partial charge in [0.25, 0.3) is 8.32 Å². The molecule has 5 saturated heterocycles. The molecule has 0 aliphatic carbocycles. The quantitative estimate of drug-likeness (QED) is 0.0212. The van der Waals surface area contributed by atoms with E-state index in [1.807, 2.05) is 86.7 Å². The van der Waals surface area contributed by atoms with Gasteiger partial charge < -0.3 is 57.2 Å². The fraction of sp³-hybridized carbons (Fsp3) is 0.593. The van der Waals surface area contributed by atoms with Gasteiger partial charge in [-0.1, -0.05) is 188 Å². The predicted molar refractivity (Wildman–Crippen MR) is 394 cm³/mol. The molecule has 15 nitrogen and oxygen atoms in total. The molecule has 5 aromatic rings. The highest BCUT2D eigenvalue weighted by molar-refractivity contribution is 6.99. The Kier molecular flexibility index (Phi) is 25.2. The molecule has 5 fully saturated rings. The first-order chi connectivity index (χ1) is 46.9. The number of hydrogen-bond donors (Lipinski definition) is 3. The summed E-state index contributed by atoms with van der Waals surface area (Å²) < 4.78 is 73.9. The van der Waals surface area contributed by atoms with E-state index < -0.39 is 86.4 Å². The maximum atomic E-state index is 14.0. The highest BCUT2D eigenvalue weighted by atomic mass is 28.4. The molecule has 1 amide bonds. The highest BCUT2D eigenvalue weighted by Gasteiger charge is 2.64. The molecule has 5 aliphatic rings. The van der Waals surface area contributed by atoms with E-state index in [9.17, 15) is 9.90 Å². The van der Waals surface area contributed by atoms with E-state index in [4.69, 9.17) is 46.7 Å². The van der Waals surface area contributed by atoms with Crippen LogP contribution in [0.3, 0.4) is 0 Å². The van der Waals surface area contributed by atoms with Gasteiger partial charge in [0, 0.05) is 45.5 Å². The van der Waals surface area contributed by atoms with Crippen LogP contribution in [0.25, 0.3) is 0 Å². The Morgan fingerprint density at radius 2 is 1.33 bits per heavy atom. The molecular weight excluding hydrogens is 1260 g/mol. The standard InChI is InChI=1S/C81H117N3O12Si2/c1-15-97(16-2,17-3)94-71(54-79(58-85)49-50-81(96-79,83-84(12)13)72-45-47-77(10,92-72)52-59(4)51-60(5)55-88-56-62-31-22-18-23-32-62)73-70(89-57-63-40-42-65(87-14)43-41-63)53-78(11,93-73)74(95-98(76(7,8)9,66-35-26-20-27-36-66)67-37-28-21-29-38-67)69-44-48-80(91-69)46-30-39-68(90-80)61(6)75(86)82-64-33-24-19-25-34-64/h18-29,31-38,40-43,51,59,61,68-74,83,85H,15-17,30,39,44-50,52-58H2,1-14H3,(H,82,86)/b60-51+/t59-,61+,68-,69-,70+,71+,72+,73-,74-,77+,78+,79-,80-,81?/m0/s1. The van der Waals surface area contributed by atoms with Crippen molar-refractivity contribution in [2.75, 3.05) is 39.7 Å². The monoisotopic (exact) mass is 1380 g/mol. The van der Waals surface area contributed by atoms with E-state index in [1.165, 1.54) is 5.57 Å². The first-order valence-corrected chi connectivity index (χ1v) is 41.2. The Balaban J connectivity index is 1.01. The fourth-order valence-electron chi connectivity index (χ4n) is 17.0. The van der Waals surface area contributed by atoms with Gasteiger partial charge in [-0.25, -0.2) is 10.4 Å². The Labute approximate surface area is 588 Å². The van der Waals surface area contributed by atoms with Crippen LogP contribution in [0.1, 0.15) is 164 Å². The van der Waals surface area contributed by atoms with Gasteiger partial charge in [0.2, 0.25) is 5.91 Å². The molecule has 0 saturated carbocycles. The number of benzene rings is 5. The molecule has 10 rings (SSSR count). The van der Waals surface area contributed by atoms with Crippen LogP contribution in [0, 0.1) is 11.8 Å². The maximum absolute atomic E-state index is 14.0. The lowest BCUT2D eigenvalue weighted by molar-refractivity contribution is -0.289. The van der Waals surface area contributed by atoms with Crippen molar-refractivity contribution in [3.05, 3.63) is 168 Å². The Bertz CT molecular complexity index is 3280. The number of nitrogens with zero attached hydrogens (tertiary/aromatic N) is 1. The van der Waals surface area contributed by atoms with Crippen molar-refractivity contribution in [1.82, 2.24) is 10.4 Å².